The molecule has 0 saturated heterocycles. The minimum Gasteiger partial charge on any atom is -0.480 e. The van der Waals surface area contributed by atoms with Crippen LogP contribution in [-0.2, 0) is 16.9 Å². The highest BCUT2D eigenvalue weighted by Crippen LogP contribution is 2.46. The Morgan fingerprint density at radius 3 is 2.54 bits per heavy atom. The predicted octanol–water partition coefficient (Wildman–Crippen LogP) is 2.15. The molecule has 1 aliphatic rings. The van der Waals surface area contributed by atoms with E-state index in [1.54, 1.807) is 13.1 Å². The smallest absolute Gasteiger partial charge is 0.323 e. The van der Waals surface area contributed by atoms with Gasteiger partial charge in [0, 0.05) is 18.9 Å². The number of benzene rings is 1. The number of carbonyl (C=O) groups is 1. The van der Waals surface area contributed by atoms with Crippen molar-refractivity contribution in [1.82, 2.24) is 9.55 Å². The molecule has 0 unspecified atom stereocenters. The van der Waals surface area contributed by atoms with E-state index >= 15 is 0 Å². The fraction of sp³-hybridized carbons (Fsp3) is 0.389. The number of nitrogens with zero attached hydrogens (tertiary/aromatic N) is 3. The third kappa shape index (κ3) is 2.58. The van der Waals surface area contributed by atoms with E-state index in [1.807, 2.05) is 30.1 Å². The molecule has 0 bridgehead atoms. The maximum atomic E-state index is 12.8. The number of aromatic nitrogens is 2. The molecule has 0 aliphatic heterocycles. The van der Waals surface area contributed by atoms with Crippen LogP contribution in [0, 0.1) is 6.92 Å². The van der Waals surface area contributed by atoms with Crippen molar-refractivity contribution in [2.75, 3.05) is 11.9 Å². The van der Waals surface area contributed by atoms with Crippen molar-refractivity contribution in [3.63, 3.8) is 0 Å². The summed E-state index contributed by atoms with van der Waals surface area (Å²) in [5.41, 5.74) is 1.10. The summed E-state index contributed by atoms with van der Waals surface area (Å²) in [5, 5.41) is 9.05. The van der Waals surface area contributed by atoms with E-state index in [0.29, 0.717) is 11.5 Å². The zero-order valence-corrected chi connectivity index (χ0v) is 13.9. The molecule has 1 aliphatic carbocycles. The quantitative estimate of drug-likeness (QED) is 0.911. The molecule has 6 nitrogen and oxygen atoms in total. The summed E-state index contributed by atoms with van der Waals surface area (Å²) in [6.45, 7) is 1.34. The molecule has 126 valence electrons. The molecule has 1 heterocycles. The van der Waals surface area contributed by atoms with Crippen LogP contribution in [0.1, 0.15) is 30.5 Å². The summed E-state index contributed by atoms with van der Waals surface area (Å²) in [6.07, 6.45) is 4.55. The Kier molecular flexibility index (Phi) is 4.13. The molecule has 1 fully saturated rings. The average Bonchev–Trinajstić information content (AvgIpc) is 2.51. The lowest BCUT2D eigenvalue weighted by Gasteiger charge is -2.49. The standard InChI is InChI=1S/C18H21N3O3/c1-13-11-19-16(17(24)21(13)12-15(22)23)20(2)18(9-6-10-18)14-7-4-3-5-8-14/h3-5,7-8,11H,6,9-10,12H2,1-2H3,(H,22,23). The Hall–Kier alpha value is -2.63. The monoisotopic (exact) mass is 327 g/mol. The van der Waals surface area contributed by atoms with Gasteiger partial charge in [-0.05, 0) is 31.7 Å². The first-order chi connectivity index (χ1) is 11.5. The summed E-state index contributed by atoms with van der Waals surface area (Å²) < 4.78 is 1.26. The molecule has 6 heteroatoms. The Morgan fingerprint density at radius 1 is 1.33 bits per heavy atom. The first kappa shape index (κ1) is 16.2. The van der Waals surface area contributed by atoms with Gasteiger partial charge in [0.15, 0.2) is 5.82 Å². The van der Waals surface area contributed by atoms with Crippen molar-refractivity contribution in [3.05, 3.63) is 58.1 Å². The van der Waals surface area contributed by atoms with Crippen molar-refractivity contribution in [2.45, 2.75) is 38.3 Å². The SMILES string of the molecule is Cc1cnc(N(C)C2(c3ccccc3)CCC2)c(=O)n1CC(=O)O. The van der Waals surface area contributed by atoms with Crippen molar-refractivity contribution in [1.29, 1.82) is 0 Å². The molecule has 3 rings (SSSR count). The van der Waals surface area contributed by atoms with Gasteiger partial charge in [0.25, 0.3) is 5.56 Å². The van der Waals surface area contributed by atoms with E-state index in [2.05, 4.69) is 17.1 Å². The number of carboxylic acids is 1. The number of aryl methyl sites for hydroxylation is 1. The van der Waals surface area contributed by atoms with Gasteiger partial charge >= 0.3 is 5.97 Å². The summed E-state index contributed by atoms with van der Waals surface area (Å²) in [6, 6.07) is 10.1. The van der Waals surface area contributed by atoms with Gasteiger partial charge in [-0.3, -0.25) is 14.2 Å². The highest BCUT2D eigenvalue weighted by molar-refractivity contribution is 5.66. The third-order valence-electron chi connectivity index (χ3n) is 4.98. The molecule has 1 aromatic carbocycles. The second-order valence-electron chi connectivity index (χ2n) is 6.32. The van der Waals surface area contributed by atoms with Gasteiger partial charge in [-0.2, -0.15) is 0 Å². The lowest BCUT2D eigenvalue weighted by atomic mass is 9.70. The van der Waals surface area contributed by atoms with Crippen LogP contribution >= 0.6 is 0 Å². The van der Waals surface area contributed by atoms with Crippen LogP contribution in [0.5, 0.6) is 0 Å². The molecule has 1 saturated carbocycles. The minimum atomic E-state index is -1.04. The summed E-state index contributed by atoms with van der Waals surface area (Å²) in [4.78, 5) is 30.1. The Balaban J connectivity index is 2.05. The summed E-state index contributed by atoms with van der Waals surface area (Å²) in [5.74, 6) is -0.744. The van der Waals surface area contributed by atoms with Gasteiger partial charge in [0.2, 0.25) is 0 Å². The molecule has 1 N–H and O–H groups in total. The lowest BCUT2D eigenvalue weighted by Crippen LogP contribution is -2.52. The first-order valence-corrected chi connectivity index (χ1v) is 8.03. The molecule has 2 aromatic rings. The third-order valence-corrected chi connectivity index (χ3v) is 4.98. The van der Waals surface area contributed by atoms with E-state index < -0.39 is 5.97 Å². The molecule has 0 spiro atoms. The Bertz CT molecular complexity index is 810. The second kappa shape index (κ2) is 6.11. The number of carboxylic acid groups (broad SMARTS) is 1. The van der Waals surface area contributed by atoms with Crippen LogP contribution in [0.3, 0.4) is 0 Å². The van der Waals surface area contributed by atoms with E-state index in [1.165, 1.54) is 4.57 Å². The Labute approximate surface area is 140 Å². The molecule has 0 atom stereocenters. The maximum absolute atomic E-state index is 12.8. The van der Waals surface area contributed by atoms with Gasteiger partial charge in [-0.25, -0.2) is 4.98 Å². The van der Waals surface area contributed by atoms with Gasteiger partial charge in [0.05, 0.1) is 5.54 Å². The minimum absolute atomic E-state index is 0.246. The fourth-order valence-corrected chi connectivity index (χ4v) is 3.40. The van der Waals surface area contributed by atoms with Crippen LogP contribution in [-0.4, -0.2) is 27.7 Å². The van der Waals surface area contributed by atoms with Crippen LogP contribution in [0.15, 0.2) is 41.3 Å². The van der Waals surface area contributed by atoms with Crippen molar-refractivity contribution < 1.29 is 9.90 Å². The molecule has 1 aromatic heterocycles. The molecule has 0 amide bonds. The summed E-state index contributed by atoms with van der Waals surface area (Å²) in [7, 11) is 1.87. The molecular weight excluding hydrogens is 306 g/mol. The fourth-order valence-electron chi connectivity index (χ4n) is 3.40. The Morgan fingerprint density at radius 2 is 2.00 bits per heavy atom. The van der Waals surface area contributed by atoms with Crippen molar-refractivity contribution >= 4 is 11.8 Å². The van der Waals surface area contributed by atoms with Gasteiger partial charge in [-0.15, -0.1) is 0 Å². The van der Waals surface area contributed by atoms with Gasteiger partial charge in [0.1, 0.15) is 6.54 Å². The molecule has 0 radical (unpaired) electrons. The van der Waals surface area contributed by atoms with E-state index in [-0.39, 0.29) is 17.6 Å². The molecular formula is C18H21N3O3. The highest BCUT2D eigenvalue weighted by atomic mass is 16.4. The van der Waals surface area contributed by atoms with Crippen molar-refractivity contribution in [3.8, 4) is 0 Å². The largest absolute Gasteiger partial charge is 0.480 e. The zero-order valence-electron chi connectivity index (χ0n) is 13.9. The zero-order chi connectivity index (χ0) is 17.3. The van der Waals surface area contributed by atoms with E-state index in [4.69, 9.17) is 5.11 Å². The topological polar surface area (TPSA) is 75.4 Å². The normalized spacial score (nSPS) is 15.6. The second-order valence-corrected chi connectivity index (χ2v) is 6.32. The van der Waals surface area contributed by atoms with Crippen molar-refractivity contribution in [2.24, 2.45) is 0 Å². The maximum Gasteiger partial charge on any atom is 0.323 e. The van der Waals surface area contributed by atoms with Crippen LogP contribution in [0.2, 0.25) is 0 Å². The average molecular weight is 327 g/mol. The van der Waals surface area contributed by atoms with E-state index in [9.17, 15) is 9.59 Å². The van der Waals surface area contributed by atoms with Gasteiger partial charge < -0.3 is 10.0 Å². The van der Waals surface area contributed by atoms with E-state index in [0.717, 1.165) is 24.8 Å². The number of anilines is 1. The van der Waals surface area contributed by atoms with Gasteiger partial charge in [-0.1, -0.05) is 30.3 Å². The summed E-state index contributed by atoms with van der Waals surface area (Å²) >= 11 is 0. The van der Waals surface area contributed by atoms with Crippen LogP contribution < -0.4 is 10.5 Å². The first-order valence-electron chi connectivity index (χ1n) is 8.03. The molecule has 24 heavy (non-hydrogen) atoms. The lowest BCUT2D eigenvalue weighted by molar-refractivity contribution is -0.137. The predicted molar refractivity (Wildman–Crippen MR) is 91.2 cm³/mol. The number of hydrogen-bond donors (Lipinski definition) is 1. The highest BCUT2D eigenvalue weighted by Gasteiger charge is 2.43. The van der Waals surface area contributed by atoms with Crippen LogP contribution in [0.25, 0.3) is 0 Å². The number of rotatable bonds is 5. The van der Waals surface area contributed by atoms with Crippen LogP contribution in [0.4, 0.5) is 5.82 Å². The number of hydrogen-bond acceptors (Lipinski definition) is 4. The number of aliphatic carboxylic acids is 1.